The fraction of sp³-hybridized carbons (Fsp3) is 0.438. The third kappa shape index (κ3) is 3.19. The molecule has 1 aromatic carbocycles. The van der Waals surface area contributed by atoms with Gasteiger partial charge in [-0.25, -0.2) is 4.98 Å². The Morgan fingerprint density at radius 1 is 1.43 bits per heavy atom. The molecule has 2 N–H and O–H groups in total. The van der Waals surface area contributed by atoms with Gasteiger partial charge in [0.25, 0.3) is 0 Å². The maximum Gasteiger partial charge on any atom is 0.185 e. The summed E-state index contributed by atoms with van der Waals surface area (Å²) in [5.41, 5.74) is 8.30. The second-order valence-electron chi connectivity index (χ2n) is 5.49. The molecule has 21 heavy (non-hydrogen) atoms. The normalized spacial score (nSPS) is 14.2. The highest BCUT2D eigenvalue weighted by molar-refractivity contribution is 7.15. The van der Waals surface area contributed by atoms with Crippen molar-refractivity contribution in [2.75, 3.05) is 19.1 Å². The minimum absolute atomic E-state index is 0.594. The van der Waals surface area contributed by atoms with E-state index in [0.717, 1.165) is 17.4 Å². The van der Waals surface area contributed by atoms with Crippen LogP contribution in [0.1, 0.15) is 34.9 Å². The molecule has 1 fully saturated rings. The van der Waals surface area contributed by atoms with Gasteiger partial charge in [-0.2, -0.15) is 0 Å². The third-order valence-corrected chi connectivity index (χ3v) is 4.95. The van der Waals surface area contributed by atoms with Gasteiger partial charge in [-0.05, 0) is 30.5 Å². The van der Waals surface area contributed by atoms with Crippen LogP contribution in [0.5, 0.6) is 5.75 Å². The van der Waals surface area contributed by atoms with Crippen molar-refractivity contribution in [2.45, 2.75) is 31.8 Å². The van der Waals surface area contributed by atoms with Crippen LogP contribution in [0, 0.1) is 0 Å². The summed E-state index contributed by atoms with van der Waals surface area (Å²) in [6.45, 7) is 1.41. The molecule has 1 saturated carbocycles. The lowest BCUT2D eigenvalue weighted by atomic mass is 10.2. The largest absolute Gasteiger partial charge is 0.497 e. The first kappa shape index (κ1) is 14.4. The lowest BCUT2D eigenvalue weighted by Gasteiger charge is -2.16. The van der Waals surface area contributed by atoms with Crippen molar-refractivity contribution < 1.29 is 4.74 Å². The van der Waals surface area contributed by atoms with Gasteiger partial charge in [-0.15, -0.1) is 11.3 Å². The van der Waals surface area contributed by atoms with Crippen LogP contribution in [-0.2, 0) is 13.1 Å². The minimum atomic E-state index is 0.594. The van der Waals surface area contributed by atoms with Crippen molar-refractivity contribution in [3.63, 3.8) is 0 Å². The Kier molecular flexibility index (Phi) is 4.12. The SMILES string of the molecule is COc1cccc(CN(C)c2nc(C3CC3)c(CN)s2)c1. The summed E-state index contributed by atoms with van der Waals surface area (Å²) in [4.78, 5) is 8.24. The molecule has 1 heterocycles. The van der Waals surface area contributed by atoms with Gasteiger partial charge >= 0.3 is 0 Å². The number of nitrogens with two attached hydrogens (primary N) is 1. The second-order valence-corrected chi connectivity index (χ2v) is 6.55. The Morgan fingerprint density at radius 2 is 2.24 bits per heavy atom. The molecule has 0 unspecified atom stereocenters. The fourth-order valence-corrected chi connectivity index (χ4v) is 3.43. The summed E-state index contributed by atoms with van der Waals surface area (Å²) in [7, 11) is 3.77. The number of thiazole rings is 1. The van der Waals surface area contributed by atoms with Gasteiger partial charge in [-0.3, -0.25) is 0 Å². The van der Waals surface area contributed by atoms with Crippen molar-refractivity contribution in [1.29, 1.82) is 0 Å². The average Bonchev–Trinajstić information content (AvgIpc) is 3.26. The van der Waals surface area contributed by atoms with E-state index in [2.05, 4.69) is 24.1 Å². The standard InChI is InChI=1S/C16H21N3OS/c1-19(10-11-4-3-5-13(8-11)20-2)16-18-15(12-6-7-12)14(9-17)21-16/h3-5,8,12H,6-7,9-10,17H2,1-2H3. The number of aromatic nitrogens is 1. The number of benzene rings is 1. The number of hydrogen-bond acceptors (Lipinski definition) is 5. The van der Waals surface area contributed by atoms with E-state index in [0.29, 0.717) is 12.5 Å². The van der Waals surface area contributed by atoms with Crippen LogP contribution in [0.2, 0.25) is 0 Å². The van der Waals surface area contributed by atoms with Crippen molar-refractivity contribution in [3.05, 3.63) is 40.4 Å². The number of methoxy groups -OCH3 is 1. The van der Waals surface area contributed by atoms with Gasteiger partial charge < -0.3 is 15.4 Å². The highest BCUT2D eigenvalue weighted by Crippen LogP contribution is 2.44. The first-order valence-corrected chi connectivity index (χ1v) is 8.06. The number of nitrogens with zero attached hydrogens (tertiary/aromatic N) is 2. The zero-order valence-electron chi connectivity index (χ0n) is 12.5. The maximum atomic E-state index is 5.86. The van der Waals surface area contributed by atoms with Crippen molar-refractivity contribution in [1.82, 2.24) is 4.98 Å². The Balaban J connectivity index is 1.76. The van der Waals surface area contributed by atoms with Gasteiger partial charge in [-0.1, -0.05) is 12.1 Å². The van der Waals surface area contributed by atoms with Gasteiger partial charge in [0.2, 0.25) is 0 Å². The Labute approximate surface area is 129 Å². The molecule has 0 aliphatic heterocycles. The van der Waals surface area contributed by atoms with E-state index in [9.17, 15) is 0 Å². The molecular formula is C16H21N3OS. The van der Waals surface area contributed by atoms with Gasteiger partial charge in [0.1, 0.15) is 5.75 Å². The van der Waals surface area contributed by atoms with E-state index in [4.69, 9.17) is 15.5 Å². The zero-order valence-corrected chi connectivity index (χ0v) is 13.3. The lowest BCUT2D eigenvalue weighted by molar-refractivity contribution is 0.414. The quantitative estimate of drug-likeness (QED) is 0.891. The number of anilines is 1. The average molecular weight is 303 g/mol. The summed E-state index contributed by atoms with van der Waals surface area (Å²) in [5, 5.41) is 1.06. The van der Waals surface area contributed by atoms with Crippen molar-refractivity contribution in [2.24, 2.45) is 5.73 Å². The highest BCUT2D eigenvalue weighted by Gasteiger charge is 2.29. The summed E-state index contributed by atoms with van der Waals surface area (Å²) in [6.07, 6.45) is 2.52. The second kappa shape index (κ2) is 6.03. The number of rotatable bonds is 6. The predicted molar refractivity (Wildman–Crippen MR) is 87.1 cm³/mol. The summed E-state index contributed by atoms with van der Waals surface area (Å²) >= 11 is 1.72. The van der Waals surface area contributed by atoms with Crippen LogP contribution < -0.4 is 15.4 Å². The van der Waals surface area contributed by atoms with E-state index in [1.165, 1.54) is 29.0 Å². The highest BCUT2D eigenvalue weighted by atomic mass is 32.1. The third-order valence-electron chi connectivity index (χ3n) is 3.75. The van der Waals surface area contributed by atoms with Crippen molar-refractivity contribution in [3.8, 4) is 5.75 Å². The van der Waals surface area contributed by atoms with Gasteiger partial charge in [0, 0.05) is 30.9 Å². The van der Waals surface area contributed by atoms with Crippen LogP contribution in [0.4, 0.5) is 5.13 Å². The molecule has 5 heteroatoms. The van der Waals surface area contributed by atoms with Crippen LogP contribution in [0.15, 0.2) is 24.3 Å². The lowest BCUT2D eigenvalue weighted by Crippen LogP contribution is -2.16. The molecular weight excluding hydrogens is 282 g/mol. The van der Waals surface area contributed by atoms with Crippen LogP contribution in [0.3, 0.4) is 0 Å². The van der Waals surface area contributed by atoms with Crippen molar-refractivity contribution >= 4 is 16.5 Å². The minimum Gasteiger partial charge on any atom is -0.497 e. The van der Waals surface area contributed by atoms with Gasteiger partial charge in [0.05, 0.1) is 12.8 Å². The van der Waals surface area contributed by atoms with E-state index in [1.54, 1.807) is 18.4 Å². The summed E-state index contributed by atoms with van der Waals surface area (Å²) in [5.74, 6) is 1.54. The molecule has 4 nitrogen and oxygen atoms in total. The molecule has 0 saturated heterocycles. The van der Waals surface area contributed by atoms with E-state index >= 15 is 0 Å². The summed E-state index contributed by atoms with van der Waals surface area (Å²) in [6, 6.07) is 8.16. The first-order valence-electron chi connectivity index (χ1n) is 7.25. The smallest absolute Gasteiger partial charge is 0.185 e. The Hall–Kier alpha value is -1.59. The fourth-order valence-electron chi connectivity index (χ4n) is 2.45. The topological polar surface area (TPSA) is 51.4 Å². The Bertz CT molecular complexity index is 622. The molecule has 1 aliphatic carbocycles. The molecule has 3 rings (SSSR count). The molecule has 1 aromatic heterocycles. The van der Waals surface area contributed by atoms with Crippen LogP contribution >= 0.6 is 11.3 Å². The van der Waals surface area contributed by atoms with E-state index in [1.807, 2.05) is 12.1 Å². The number of ether oxygens (including phenoxy) is 1. The van der Waals surface area contributed by atoms with E-state index in [-0.39, 0.29) is 0 Å². The first-order chi connectivity index (χ1) is 10.2. The Morgan fingerprint density at radius 3 is 2.90 bits per heavy atom. The van der Waals surface area contributed by atoms with Crippen LogP contribution in [-0.4, -0.2) is 19.1 Å². The molecule has 1 aliphatic rings. The zero-order chi connectivity index (χ0) is 14.8. The molecule has 0 amide bonds. The monoisotopic (exact) mass is 303 g/mol. The molecule has 112 valence electrons. The molecule has 0 spiro atoms. The molecule has 0 bridgehead atoms. The predicted octanol–water partition coefficient (Wildman–Crippen LogP) is 3.12. The molecule has 2 aromatic rings. The van der Waals surface area contributed by atoms with Gasteiger partial charge in [0.15, 0.2) is 5.13 Å². The number of hydrogen-bond donors (Lipinski definition) is 1. The molecule has 0 radical (unpaired) electrons. The maximum absolute atomic E-state index is 5.86. The van der Waals surface area contributed by atoms with E-state index < -0.39 is 0 Å². The molecule has 0 atom stereocenters. The van der Waals surface area contributed by atoms with Crippen LogP contribution in [0.25, 0.3) is 0 Å². The summed E-state index contributed by atoms with van der Waals surface area (Å²) < 4.78 is 5.27.